The molecule has 1 amide bonds. The molecule has 0 aromatic heterocycles. The van der Waals surface area contributed by atoms with Crippen LogP contribution in [0.2, 0.25) is 0 Å². The fourth-order valence-electron chi connectivity index (χ4n) is 1.66. The summed E-state index contributed by atoms with van der Waals surface area (Å²) in [6.07, 6.45) is 0. The highest BCUT2D eigenvalue weighted by Gasteiger charge is 2.25. The number of nitrogens with two attached hydrogens (primary N) is 1. The van der Waals surface area contributed by atoms with Crippen molar-refractivity contribution in [2.45, 2.75) is 50.3 Å². The molecule has 106 valence electrons. The van der Waals surface area contributed by atoms with E-state index >= 15 is 0 Å². The Bertz CT molecular complexity index is 507. The zero-order chi connectivity index (χ0) is 14.8. The molecule has 2 atom stereocenters. The first-order valence-corrected chi connectivity index (χ1v) is 7.42. The second-order valence-electron chi connectivity index (χ2n) is 5.70. The highest BCUT2D eigenvalue weighted by molar-refractivity contribution is 7.86. The number of carbonyl (C=O) groups excluding carboxylic acids is 1. The zero-order valence-electron chi connectivity index (χ0n) is 12.1. The van der Waals surface area contributed by atoms with E-state index in [1.165, 1.54) is 0 Å². The van der Waals surface area contributed by atoms with Crippen molar-refractivity contribution in [1.82, 2.24) is 5.32 Å². The van der Waals surface area contributed by atoms with Gasteiger partial charge in [0.2, 0.25) is 5.91 Å². The van der Waals surface area contributed by atoms with Crippen molar-refractivity contribution in [3.63, 3.8) is 0 Å². The Kier molecular flexibility index (Phi) is 4.74. The molecule has 0 spiro atoms. The fraction of sp³-hybridized carbons (Fsp3) is 0.500. The molecule has 0 bridgehead atoms. The zero-order valence-corrected chi connectivity index (χ0v) is 12.9. The minimum Gasteiger partial charge on any atom is -0.399 e. The van der Waals surface area contributed by atoms with Crippen LogP contribution >= 0.6 is 0 Å². The van der Waals surface area contributed by atoms with Gasteiger partial charge >= 0.3 is 0 Å². The van der Waals surface area contributed by atoms with Gasteiger partial charge in [0.05, 0.1) is 10.8 Å². The molecule has 4 nitrogen and oxygen atoms in total. The normalized spacial score (nSPS) is 14.8. The smallest absolute Gasteiger partial charge is 0.236 e. The Hall–Kier alpha value is -1.36. The lowest BCUT2D eigenvalue weighted by atomic mass is 10.1. The lowest BCUT2D eigenvalue weighted by Crippen LogP contribution is -2.46. The molecule has 0 aliphatic rings. The Morgan fingerprint density at radius 3 is 2.42 bits per heavy atom. The van der Waals surface area contributed by atoms with Crippen LogP contribution in [0.15, 0.2) is 23.1 Å². The van der Waals surface area contributed by atoms with Crippen LogP contribution in [0.4, 0.5) is 5.69 Å². The Morgan fingerprint density at radius 2 is 1.95 bits per heavy atom. The molecular weight excluding hydrogens is 260 g/mol. The van der Waals surface area contributed by atoms with Crippen LogP contribution in [-0.2, 0) is 15.6 Å². The third-order valence-electron chi connectivity index (χ3n) is 2.60. The molecule has 0 saturated carbocycles. The molecule has 0 aliphatic heterocycles. The Morgan fingerprint density at radius 1 is 1.37 bits per heavy atom. The number of anilines is 1. The van der Waals surface area contributed by atoms with E-state index in [0.717, 1.165) is 5.56 Å². The molecule has 0 saturated heterocycles. The molecule has 2 unspecified atom stereocenters. The number of hydrogen-bond donors (Lipinski definition) is 2. The lowest BCUT2D eigenvalue weighted by molar-refractivity contribution is -0.121. The van der Waals surface area contributed by atoms with Crippen LogP contribution in [0.5, 0.6) is 0 Å². The predicted molar refractivity (Wildman–Crippen MR) is 79.4 cm³/mol. The van der Waals surface area contributed by atoms with E-state index < -0.39 is 16.0 Å². The van der Waals surface area contributed by atoms with E-state index in [2.05, 4.69) is 5.32 Å². The van der Waals surface area contributed by atoms with Crippen LogP contribution in [0, 0.1) is 6.92 Å². The molecule has 0 fully saturated rings. The van der Waals surface area contributed by atoms with Gasteiger partial charge in [0.15, 0.2) is 0 Å². The molecule has 0 radical (unpaired) electrons. The van der Waals surface area contributed by atoms with Gasteiger partial charge in [-0.25, -0.2) is 0 Å². The van der Waals surface area contributed by atoms with Crippen molar-refractivity contribution in [2.75, 3.05) is 5.73 Å². The van der Waals surface area contributed by atoms with Crippen molar-refractivity contribution >= 4 is 22.4 Å². The number of amides is 1. The molecule has 1 aromatic rings. The SMILES string of the molecule is Cc1cc(N)ccc1S(=O)C(C)C(=O)NC(C)(C)C. The van der Waals surface area contributed by atoms with Gasteiger partial charge in [-0.2, -0.15) is 0 Å². The number of nitrogens with one attached hydrogen (secondary N) is 1. The highest BCUT2D eigenvalue weighted by atomic mass is 32.2. The summed E-state index contributed by atoms with van der Waals surface area (Å²) >= 11 is 0. The second-order valence-corrected chi connectivity index (χ2v) is 7.45. The maximum atomic E-state index is 12.4. The number of hydrogen-bond acceptors (Lipinski definition) is 3. The minimum absolute atomic E-state index is 0.206. The molecule has 1 rings (SSSR count). The average Bonchev–Trinajstić information content (AvgIpc) is 2.24. The Labute approximate surface area is 117 Å². The molecule has 1 aromatic carbocycles. The summed E-state index contributed by atoms with van der Waals surface area (Å²) in [7, 11) is -1.38. The predicted octanol–water partition coefficient (Wildman–Crippen LogP) is 1.99. The van der Waals surface area contributed by atoms with Crippen LogP contribution < -0.4 is 11.1 Å². The van der Waals surface area contributed by atoms with Gasteiger partial charge in [0, 0.05) is 16.1 Å². The van der Waals surface area contributed by atoms with E-state index in [1.807, 2.05) is 27.7 Å². The summed E-state index contributed by atoms with van der Waals surface area (Å²) in [5.74, 6) is -0.206. The van der Waals surface area contributed by atoms with Crippen molar-refractivity contribution in [3.8, 4) is 0 Å². The summed E-state index contributed by atoms with van der Waals surface area (Å²) < 4.78 is 12.4. The first-order valence-electron chi connectivity index (χ1n) is 6.20. The number of aryl methyl sites for hydroxylation is 1. The third kappa shape index (κ3) is 4.35. The quantitative estimate of drug-likeness (QED) is 0.833. The van der Waals surface area contributed by atoms with Gasteiger partial charge in [0.1, 0.15) is 5.25 Å². The third-order valence-corrected chi connectivity index (χ3v) is 4.35. The van der Waals surface area contributed by atoms with E-state index in [1.54, 1.807) is 25.1 Å². The summed E-state index contributed by atoms with van der Waals surface area (Å²) in [5.41, 5.74) is 6.81. The van der Waals surface area contributed by atoms with Crippen molar-refractivity contribution in [2.24, 2.45) is 0 Å². The van der Waals surface area contributed by atoms with E-state index in [0.29, 0.717) is 10.6 Å². The Balaban J connectivity index is 2.91. The molecular formula is C14H22N2O2S. The van der Waals surface area contributed by atoms with Gasteiger partial charge in [-0.15, -0.1) is 0 Å². The number of carbonyl (C=O) groups is 1. The summed E-state index contributed by atoms with van der Waals surface area (Å²) in [5, 5.41) is 2.25. The summed E-state index contributed by atoms with van der Waals surface area (Å²) in [6.45, 7) is 9.21. The highest BCUT2D eigenvalue weighted by Crippen LogP contribution is 2.19. The maximum Gasteiger partial charge on any atom is 0.236 e. The summed E-state index contributed by atoms with van der Waals surface area (Å²) in [4.78, 5) is 12.7. The number of rotatable bonds is 3. The largest absolute Gasteiger partial charge is 0.399 e. The standard InChI is InChI=1S/C14H22N2O2S/c1-9-8-11(15)6-7-12(9)19(18)10(2)13(17)16-14(3,4)5/h6-8,10H,15H2,1-5H3,(H,16,17). The average molecular weight is 282 g/mol. The van der Waals surface area contributed by atoms with Crippen molar-refractivity contribution in [1.29, 1.82) is 0 Å². The molecule has 0 aliphatic carbocycles. The topological polar surface area (TPSA) is 72.2 Å². The second kappa shape index (κ2) is 5.74. The van der Waals surface area contributed by atoms with Gasteiger partial charge in [-0.3, -0.25) is 9.00 Å². The van der Waals surface area contributed by atoms with Crippen LogP contribution in [0.1, 0.15) is 33.3 Å². The van der Waals surface area contributed by atoms with Crippen molar-refractivity contribution in [3.05, 3.63) is 23.8 Å². The monoisotopic (exact) mass is 282 g/mol. The van der Waals surface area contributed by atoms with Crippen molar-refractivity contribution < 1.29 is 9.00 Å². The molecule has 5 heteroatoms. The molecule has 3 N–H and O–H groups in total. The maximum absolute atomic E-state index is 12.4. The minimum atomic E-state index is -1.38. The van der Waals surface area contributed by atoms with Crippen LogP contribution in [0.25, 0.3) is 0 Å². The van der Waals surface area contributed by atoms with Gasteiger partial charge in [-0.1, -0.05) is 0 Å². The van der Waals surface area contributed by atoms with Gasteiger partial charge in [0.25, 0.3) is 0 Å². The van der Waals surface area contributed by atoms with Crippen LogP contribution in [0.3, 0.4) is 0 Å². The number of nitrogen functional groups attached to an aromatic ring is 1. The lowest BCUT2D eigenvalue weighted by Gasteiger charge is -2.23. The van der Waals surface area contributed by atoms with Gasteiger partial charge < -0.3 is 11.1 Å². The number of benzene rings is 1. The fourth-order valence-corrected chi connectivity index (χ4v) is 2.87. The van der Waals surface area contributed by atoms with Gasteiger partial charge in [-0.05, 0) is 58.4 Å². The van der Waals surface area contributed by atoms with E-state index in [4.69, 9.17) is 5.73 Å². The first kappa shape index (κ1) is 15.7. The van der Waals surface area contributed by atoms with E-state index in [9.17, 15) is 9.00 Å². The molecule has 0 heterocycles. The summed E-state index contributed by atoms with van der Waals surface area (Å²) in [6, 6.07) is 5.19. The van der Waals surface area contributed by atoms with E-state index in [-0.39, 0.29) is 11.4 Å². The van der Waals surface area contributed by atoms with Crippen LogP contribution in [-0.4, -0.2) is 20.9 Å². The molecule has 19 heavy (non-hydrogen) atoms. The first-order chi connectivity index (χ1) is 8.61.